The van der Waals surface area contributed by atoms with Crippen molar-refractivity contribution in [3.05, 3.63) is 29.6 Å². The van der Waals surface area contributed by atoms with Gasteiger partial charge in [-0.05, 0) is 46.4 Å². The SMILES string of the molecule is CNCc1ccc(CN2CC(C)(C)OC(C)(C)C2)nc1. The van der Waals surface area contributed by atoms with E-state index in [2.05, 4.69) is 55.0 Å². The van der Waals surface area contributed by atoms with Gasteiger partial charge in [0.2, 0.25) is 0 Å². The van der Waals surface area contributed by atoms with Crippen molar-refractivity contribution < 1.29 is 4.74 Å². The van der Waals surface area contributed by atoms with Crippen LogP contribution in [-0.4, -0.2) is 41.2 Å². The van der Waals surface area contributed by atoms with Gasteiger partial charge in [0, 0.05) is 32.4 Å². The predicted octanol–water partition coefficient (Wildman–Crippen LogP) is 2.19. The summed E-state index contributed by atoms with van der Waals surface area (Å²) in [6, 6.07) is 4.28. The first kappa shape index (κ1) is 15.4. The number of hydrogen-bond donors (Lipinski definition) is 1. The molecule has 0 aromatic carbocycles. The Morgan fingerprint density at radius 1 is 1.20 bits per heavy atom. The normalized spacial score (nSPS) is 21.9. The number of morpholine rings is 1. The molecule has 112 valence electrons. The number of pyridine rings is 1. The van der Waals surface area contributed by atoms with Crippen LogP contribution in [0.15, 0.2) is 18.3 Å². The monoisotopic (exact) mass is 277 g/mol. The van der Waals surface area contributed by atoms with Gasteiger partial charge >= 0.3 is 0 Å². The van der Waals surface area contributed by atoms with Gasteiger partial charge in [-0.25, -0.2) is 0 Å². The molecule has 0 bridgehead atoms. The van der Waals surface area contributed by atoms with Crippen LogP contribution in [0.5, 0.6) is 0 Å². The Labute approximate surface area is 122 Å². The number of nitrogens with zero attached hydrogens (tertiary/aromatic N) is 2. The van der Waals surface area contributed by atoms with Crippen LogP contribution in [0.3, 0.4) is 0 Å². The molecule has 2 heterocycles. The van der Waals surface area contributed by atoms with Crippen LogP contribution in [0.4, 0.5) is 0 Å². The molecule has 0 spiro atoms. The molecule has 1 saturated heterocycles. The molecule has 0 radical (unpaired) electrons. The average Bonchev–Trinajstić information content (AvgIpc) is 2.28. The van der Waals surface area contributed by atoms with Crippen LogP contribution in [0.2, 0.25) is 0 Å². The molecule has 1 fully saturated rings. The van der Waals surface area contributed by atoms with E-state index in [1.54, 1.807) is 0 Å². The van der Waals surface area contributed by atoms with Gasteiger partial charge in [-0.2, -0.15) is 0 Å². The number of ether oxygens (including phenoxy) is 1. The van der Waals surface area contributed by atoms with Crippen LogP contribution < -0.4 is 5.32 Å². The van der Waals surface area contributed by atoms with Crippen molar-refractivity contribution in [1.82, 2.24) is 15.2 Å². The summed E-state index contributed by atoms with van der Waals surface area (Å²) >= 11 is 0. The van der Waals surface area contributed by atoms with Gasteiger partial charge in [0.1, 0.15) is 0 Å². The molecule has 1 aromatic rings. The molecular weight excluding hydrogens is 250 g/mol. The average molecular weight is 277 g/mol. The third kappa shape index (κ3) is 4.27. The predicted molar refractivity (Wildman–Crippen MR) is 81.5 cm³/mol. The van der Waals surface area contributed by atoms with Crippen molar-refractivity contribution >= 4 is 0 Å². The number of rotatable bonds is 4. The molecule has 4 nitrogen and oxygen atoms in total. The fourth-order valence-corrected chi connectivity index (χ4v) is 3.14. The first-order valence-corrected chi connectivity index (χ1v) is 7.31. The molecule has 0 unspecified atom stereocenters. The Balaban J connectivity index is 2.01. The summed E-state index contributed by atoms with van der Waals surface area (Å²) in [4.78, 5) is 7.00. The van der Waals surface area contributed by atoms with E-state index >= 15 is 0 Å². The van der Waals surface area contributed by atoms with Crippen molar-refractivity contribution in [2.24, 2.45) is 0 Å². The molecule has 1 N–H and O–H groups in total. The largest absolute Gasteiger partial charge is 0.367 e. The van der Waals surface area contributed by atoms with Gasteiger partial charge in [0.15, 0.2) is 0 Å². The second-order valence-electron chi connectivity index (χ2n) is 6.95. The molecule has 1 aromatic heterocycles. The van der Waals surface area contributed by atoms with E-state index in [1.807, 2.05) is 13.2 Å². The Kier molecular flexibility index (Phi) is 4.47. The number of aromatic nitrogens is 1. The number of nitrogens with one attached hydrogen (secondary N) is 1. The zero-order valence-corrected chi connectivity index (χ0v) is 13.4. The highest BCUT2D eigenvalue weighted by molar-refractivity contribution is 5.14. The zero-order chi connectivity index (χ0) is 14.8. The minimum atomic E-state index is -0.103. The molecule has 1 aliphatic rings. The fraction of sp³-hybridized carbons (Fsp3) is 0.688. The van der Waals surface area contributed by atoms with Crippen LogP contribution in [0.25, 0.3) is 0 Å². The maximum atomic E-state index is 6.11. The highest BCUT2D eigenvalue weighted by Crippen LogP contribution is 2.28. The van der Waals surface area contributed by atoms with Crippen molar-refractivity contribution in [1.29, 1.82) is 0 Å². The van der Waals surface area contributed by atoms with E-state index in [1.165, 1.54) is 5.56 Å². The minimum Gasteiger partial charge on any atom is -0.367 e. The smallest absolute Gasteiger partial charge is 0.0760 e. The first-order valence-electron chi connectivity index (χ1n) is 7.31. The van der Waals surface area contributed by atoms with Crippen LogP contribution >= 0.6 is 0 Å². The van der Waals surface area contributed by atoms with Gasteiger partial charge in [-0.15, -0.1) is 0 Å². The van der Waals surface area contributed by atoms with Crippen molar-refractivity contribution in [3.8, 4) is 0 Å². The van der Waals surface area contributed by atoms with Crippen molar-refractivity contribution in [3.63, 3.8) is 0 Å². The molecule has 4 heteroatoms. The van der Waals surface area contributed by atoms with E-state index in [-0.39, 0.29) is 11.2 Å². The van der Waals surface area contributed by atoms with E-state index in [0.717, 1.165) is 31.9 Å². The van der Waals surface area contributed by atoms with Gasteiger partial charge in [0.25, 0.3) is 0 Å². The molecule has 0 amide bonds. The van der Waals surface area contributed by atoms with E-state index in [0.29, 0.717) is 0 Å². The lowest BCUT2D eigenvalue weighted by atomic mass is 9.99. The summed E-state index contributed by atoms with van der Waals surface area (Å²) in [6.45, 7) is 12.3. The summed E-state index contributed by atoms with van der Waals surface area (Å²) in [5.74, 6) is 0. The van der Waals surface area contributed by atoms with Gasteiger partial charge in [0.05, 0.1) is 16.9 Å². The lowest BCUT2D eigenvalue weighted by molar-refractivity contribution is -0.182. The summed E-state index contributed by atoms with van der Waals surface area (Å²) in [5.41, 5.74) is 2.14. The highest BCUT2D eigenvalue weighted by atomic mass is 16.5. The topological polar surface area (TPSA) is 37.4 Å². The maximum Gasteiger partial charge on any atom is 0.0760 e. The molecule has 0 atom stereocenters. The summed E-state index contributed by atoms with van der Waals surface area (Å²) in [5, 5.41) is 3.14. The van der Waals surface area contributed by atoms with E-state index in [4.69, 9.17) is 4.74 Å². The second-order valence-corrected chi connectivity index (χ2v) is 6.95. The Hall–Kier alpha value is -0.970. The van der Waals surface area contributed by atoms with Gasteiger partial charge in [-0.1, -0.05) is 6.07 Å². The van der Waals surface area contributed by atoms with Gasteiger partial charge < -0.3 is 10.1 Å². The molecule has 2 rings (SSSR count). The minimum absolute atomic E-state index is 0.103. The molecule has 1 aliphatic heterocycles. The third-order valence-corrected chi connectivity index (χ3v) is 3.41. The molecule has 20 heavy (non-hydrogen) atoms. The first-order chi connectivity index (χ1) is 9.30. The Morgan fingerprint density at radius 3 is 2.35 bits per heavy atom. The van der Waals surface area contributed by atoms with Crippen LogP contribution in [0.1, 0.15) is 39.0 Å². The maximum absolute atomic E-state index is 6.11. The van der Waals surface area contributed by atoms with Crippen molar-refractivity contribution in [2.45, 2.75) is 52.0 Å². The second kappa shape index (κ2) is 5.80. The Bertz CT molecular complexity index is 424. The summed E-state index contributed by atoms with van der Waals surface area (Å²) < 4.78 is 6.11. The molecule has 0 aliphatic carbocycles. The highest BCUT2D eigenvalue weighted by Gasteiger charge is 2.37. The third-order valence-electron chi connectivity index (χ3n) is 3.41. The summed E-state index contributed by atoms with van der Waals surface area (Å²) in [7, 11) is 1.95. The molecular formula is C16H27N3O. The number of hydrogen-bond acceptors (Lipinski definition) is 4. The van der Waals surface area contributed by atoms with Crippen LogP contribution in [0, 0.1) is 0 Å². The standard InChI is InChI=1S/C16H27N3O/c1-15(2)11-19(12-16(3,4)20-15)10-14-7-6-13(8-17-5)9-18-14/h6-7,9,17H,8,10-12H2,1-5H3. The van der Waals surface area contributed by atoms with Crippen molar-refractivity contribution in [2.75, 3.05) is 20.1 Å². The molecule has 0 saturated carbocycles. The lowest BCUT2D eigenvalue weighted by Crippen LogP contribution is -2.56. The Morgan fingerprint density at radius 2 is 1.85 bits per heavy atom. The summed E-state index contributed by atoms with van der Waals surface area (Å²) in [6.07, 6.45) is 1.96. The lowest BCUT2D eigenvalue weighted by Gasteiger charge is -2.47. The van der Waals surface area contributed by atoms with Crippen LogP contribution in [-0.2, 0) is 17.8 Å². The van der Waals surface area contributed by atoms with E-state index < -0.39 is 0 Å². The van der Waals surface area contributed by atoms with E-state index in [9.17, 15) is 0 Å². The van der Waals surface area contributed by atoms with Gasteiger partial charge in [-0.3, -0.25) is 9.88 Å². The quantitative estimate of drug-likeness (QED) is 0.915. The fourth-order valence-electron chi connectivity index (χ4n) is 3.14. The zero-order valence-electron chi connectivity index (χ0n) is 13.4.